The van der Waals surface area contributed by atoms with E-state index < -0.39 is 31.8 Å². The van der Waals surface area contributed by atoms with E-state index in [0.717, 1.165) is 41.7 Å². The Labute approximate surface area is 260 Å². The second kappa shape index (κ2) is 11.9. The zero-order chi connectivity index (χ0) is 30.4. The quantitative estimate of drug-likeness (QED) is 0.124. The topological polar surface area (TPSA) is 116 Å². The maximum atomic E-state index is 14.2. The summed E-state index contributed by atoms with van der Waals surface area (Å²) >= 11 is 4.61. The van der Waals surface area contributed by atoms with Crippen molar-refractivity contribution in [3.05, 3.63) is 81.9 Å². The molecule has 0 unspecified atom stereocenters. The minimum absolute atomic E-state index is 0.130. The van der Waals surface area contributed by atoms with Gasteiger partial charge >= 0.3 is 0 Å². The van der Waals surface area contributed by atoms with Crippen LogP contribution in [0.4, 0.5) is 10.1 Å². The van der Waals surface area contributed by atoms with Gasteiger partial charge in [0.25, 0.3) is 25.2 Å². The fourth-order valence-electron chi connectivity index (χ4n) is 5.14. The van der Waals surface area contributed by atoms with Gasteiger partial charge in [0.1, 0.15) is 10.5 Å². The van der Waals surface area contributed by atoms with Crippen molar-refractivity contribution in [2.45, 2.75) is 24.3 Å². The number of halogens is 1. The van der Waals surface area contributed by atoms with Gasteiger partial charge in [-0.25, -0.2) is 4.39 Å². The number of rotatable bonds is 10. The summed E-state index contributed by atoms with van der Waals surface area (Å²) in [5, 5.41) is 4.83. The van der Waals surface area contributed by atoms with Gasteiger partial charge in [0.2, 0.25) is 5.52 Å². The van der Waals surface area contributed by atoms with Crippen molar-refractivity contribution in [3.8, 4) is 11.1 Å². The highest BCUT2D eigenvalue weighted by Gasteiger charge is 2.29. The summed E-state index contributed by atoms with van der Waals surface area (Å²) < 4.78 is 82.8. The van der Waals surface area contributed by atoms with E-state index in [1.165, 1.54) is 39.9 Å². The van der Waals surface area contributed by atoms with Crippen molar-refractivity contribution >= 4 is 86.7 Å². The lowest BCUT2D eigenvalue weighted by Gasteiger charge is -2.19. The number of fused-ring (bicyclic) bond motifs is 3. The van der Waals surface area contributed by atoms with Crippen molar-refractivity contribution in [1.82, 2.24) is 0 Å². The standard InChI is InChI=1S/C29H25FN2O6S5/c30-20-8-10-27-24(16-20)32(12-4-14-43(36,37)38)29(41-27)17-28-31(11-3-13-42(33,34)35)23-15-19(7-9-26(23)40-28)22-18-39-25-6-2-1-5-21(22)25/h1-2,5-10,15-18H,3-4,11-14H2,(H-,33,34,35,36,37,38)/p+1. The molecule has 0 bridgehead atoms. The smallest absolute Gasteiger partial charge is 0.265 e. The average molecular weight is 678 g/mol. The van der Waals surface area contributed by atoms with Crippen LogP contribution in [0.25, 0.3) is 37.5 Å². The summed E-state index contributed by atoms with van der Waals surface area (Å²) in [6.45, 7) is 0.555. The predicted molar refractivity (Wildman–Crippen MR) is 172 cm³/mol. The molecule has 0 saturated carbocycles. The first-order valence-electron chi connectivity index (χ1n) is 13.3. The van der Waals surface area contributed by atoms with Gasteiger partial charge in [0.05, 0.1) is 28.3 Å². The van der Waals surface area contributed by atoms with E-state index in [9.17, 15) is 30.3 Å². The Bertz CT molecular complexity index is 2100. The molecule has 5 aromatic rings. The highest BCUT2D eigenvalue weighted by Crippen LogP contribution is 2.47. The van der Waals surface area contributed by atoms with Crippen LogP contribution in [0, 0.1) is 5.82 Å². The van der Waals surface area contributed by atoms with E-state index in [4.69, 9.17) is 0 Å². The number of hydrogen-bond donors (Lipinski definition) is 2. The van der Waals surface area contributed by atoms with Gasteiger partial charge in [-0.3, -0.25) is 9.11 Å². The van der Waals surface area contributed by atoms with Gasteiger partial charge < -0.3 is 4.90 Å². The number of nitrogens with zero attached hydrogens (tertiary/aromatic N) is 2. The maximum absolute atomic E-state index is 14.2. The molecular formula is C29H26FN2O6S5+. The van der Waals surface area contributed by atoms with Gasteiger partial charge in [-0.05, 0) is 47.7 Å². The molecule has 1 aliphatic heterocycles. The van der Waals surface area contributed by atoms with Crippen molar-refractivity contribution in [2.24, 2.45) is 0 Å². The Hall–Kier alpha value is -2.85. The van der Waals surface area contributed by atoms with E-state index >= 15 is 0 Å². The third kappa shape index (κ3) is 6.80. The molecule has 0 aliphatic carbocycles. The molecule has 0 radical (unpaired) electrons. The summed E-state index contributed by atoms with van der Waals surface area (Å²) in [7, 11) is -8.31. The Morgan fingerprint density at radius 2 is 1.67 bits per heavy atom. The first-order valence-corrected chi connectivity index (χ1v) is 19.0. The third-order valence-corrected chi connectivity index (χ3v) is 11.8. The van der Waals surface area contributed by atoms with Gasteiger partial charge in [-0.15, -0.1) is 11.3 Å². The number of thiophene rings is 1. The normalized spacial score (nSPS) is 14.8. The second-order valence-electron chi connectivity index (χ2n) is 10.0. The van der Waals surface area contributed by atoms with E-state index in [1.54, 1.807) is 17.4 Å². The minimum atomic E-state index is -4.16. The Morgan fingerprint density at radius 1 is 0.907 bits per heavy atom. The second-order valence-corrected chi connectivity index (χ2v) is 16.2. The Kier molecular flexibility index (Phi) is 8.37. The predicted octanol–water partition coefficient (Wildman–Crippen LogP) is 6.68. The molecule has 43 heavy (non-hydrogen) atoms. The highest BCUT2D eigenvalue weighted by molar-refractivity contribution is 8.04. The summed E-state index contributed by atoms with van der Waals surface area (Å²) in [6, 6.07) is 18.8. The van der Waals surface area contributed by atoms with Gasteiger partial charge in [0, 0.05) is 39.6 Å². The Balaban J connectivity index is 1.43. The molecule has 3 aromatic carbocycles. The molecule has 1 aliphatic rings. The number of aromatic nitrogens is 1. The van der Waals surface area contributed by atoms with E-state index in [2.05, 4.69) is 29.6 Å². The number of thioether (sulfide) groups is 1. The molecule has 3 heterocycles. The lowest BCUT2D eigenvalue weighted by Crippen LogP contribution is -2.36. The molecule has 2 N–H and O–H groups in total. The molecule has 14 heteroatoms. The summed E-state index contributed by atoms with van der Waals surface area (Å²) in [5.41, 5.74) is 3.64. The highest BCUT2D eigenvalue weighted by atomic mass is 32.2. The fourth-order valence-corrected chi connectivity index (χ4v) is 9.38. The minimum Gasteiger partial charge on any atom is -0.335 e. The van der Waals surface area contributed by atoms with Crippen LogP contribution in [0.2, 0.25) is 0 Å². The fraction of sp³-hybridized carbons (Fsp3) is 0.207. The Morgan fingerprint density at radius 3 is 2.47 bits per heavy atom. The zero-order valence-electron chi connectivity index (χ0n) is 22.5. The largest absolute Gasteiger partial charge is 0.335 e. The number of aryl methyl sites for hydroxylation is 1. The number of benzene rings is 3. The van der Waals surface area contributed by atoms with Crippen LogP contribution < -0.4 is 9.47 Å². The molecule has 2 aromatic heterocycles. The molecule has 224 valence electrons. The van der Waals surface area contributed by atoms with Crippen LogP contribution >= 0.6 is 34.4 Å². The summed E-state index contributed by atoms with van der Waals surface area (Å²) in [6.07, 6.45) is 2.26. The van der Waals surface area contributed by atoms with Crippen molar-refractivity contribution in [2.75, 3.05) is 23.0 Å². The molecule has 0 atom stereocenters. The lowest BCUT2D eigenvalue weighted by atomic mass is 10.0. The molecule has 0 saturated heterocycles. The number of anilines is 1. The molecular weight excluding hydrogens is 652 g/mol. The van der Waals surface area contributed by atoms with E-state index in [-0.39, 0.29) is 25.1 Å². The monoisotopic (exact) mass is 677 g/mol. The SMILES string of the molecule is O=S(=O)(O)CCCN1C(=Cc2sc3ccc(-c4csc5ccccc45)cc3[n+]2CCCS(=O)(=O)O)Sc2ccc(F)cc21. The number of thiazole rings is 1. The van der Waals surface area contributed by atoms with Gasteiger partial charge in [-0.1, -0.05) is 47.4 Å². The molecule has 8 nitrogen and oxygen atoms in total. The van der Waals surface area contributed by atoms with Crippen LogP contribution in [-0.4, -0.2) is 44.0 Å². The summed E-state index contributed by atoms with van der Waals surface area (Å²) in [5.74, 6) is -1.23. The van der Waals surface area contributed by atoms with E-state index in [1.807, 2.05) is 33.7 Å². The first kappa shape index (κ1) is 30.2. The average Bonchev–Trinajstić information content (AvgIpc) is 3.61. The first-order chi connectivity index (χ1) is 20.4. The molecule has 0 fully saturated rings. The maximum Gasteiger partial charge on any atom is 0.265 e. The van der Waals surface area contributed by atoms with Crippen LogP contribution in [0.1, 0.15) is 17.8 Å². The third-order valence-electron chi connectivity index (χ3n) is 7.03. The van der Waals surface area contributed by atoms with Gasteiger partial charge in [0.15, 0.2) is 6.54 Å². The van der Waals surface area contributed by atoms with Crippen LogP contribution in [0.5, 0.6) is 0 Å². The van der Waals surface area contributed by atoms with Crippen molar-refractivity contribution < 1.29 is 34.9 Å². The molecule has 0 amide bonds. The van der Waals surface area contributed by atoms with Crippen molar-refractivity contribution in [1.29, 1.82) is 0 Å². The van der Waals surface area contributed by atoms with E-state index in [0.29, 0.717) is 12.2 Å². The van der Waals surface area contributed by atoms with Crippen molar-refractivity contribution in [3.63, 3.8) is 0 Å². The summed E-state index contributed by atoms with van der Waals surface area (Å²) in [4.78, 5) is 2.65. The number of hydrogen-bond acceptors (Lipinski definition) is 8. The molecule has 6 rings (SSSR count). The zero-order valence-corrected chi connectivity index (χ0v) is 26.6. The van der Waals surface area contributed by atoms with Crippen LogP contribution in [0.15, 0.2) is 76.0 Å². The van der Waals surface area contributed by atoms with Gasteiger partial charge in [-0.2, -0.15) is 21.4 Å². The van der Waals surface area contributed by atoms with Crippen LogP contribution in [0.3, 0.4) is 0 Å². The molecule has 0 spiro atoms. The lowest BCUT2D eigenvalue weighted by molar-refractivity contribution is -0.668. The van der Waals surface area contributed by atoms with Crippen LogP contribution in [-0.2, 0) is 26.8 Å².